The fraction of sp³-hybridized carbons (Fsp3) is 0.556. The standard InChI is InChI=1S/C18H21F3N6O5/c19-18(20,21)16(31)23-6-4-2-1-3-5-11-24-13-14(25-17(22)26-15(13)30)27(11)12-7-9(29)10(8-28)32-12/h9-10,12,28-29H,1-2,4,6-8H2,(H,23,31)(H3,22,25,26,30)/t9-,10+,12+/m0/s1. The van der Waals surface area contributed by atoms with Gasteiger partial charge in [-0.05, 0) is 18.8 Å². The average molecular weight is 458 g/mol. The van der Waals surface area contributed by atoms with Crippen molar-refractivity contribution < 1.29 is 32.9 Å². The molecule has 0 bridgehead atoms. The molecule has 0 radical (unpaired) electrons. The zero-order valence-electron chi connectivity index (χ0n) is 16.6. The number of alkyl halides is 3. The van der Waals surface area contributed by atoms with Gasteiger partial charge in [-0.15, -0.1) is 0 Å². The SMILES string of the molecule is Nc1nc2c(nc(C#CCCCCNC(=O)C(F)(F)F)n2[C@H]2C[C@H](O)[C@@H](CO)O2)c(=O)[nH]1. The predicted molar refractivity (Wildman–Crippen MR) is 104 cm³/mol. The van der Waals surface area contributed by atoms with Crippen molar-refractivity contribution in [3.63, 3.8) is 0 Å². The van der Waals surface area contributed by atoms with E-state index in [1.54, 1.807) is 5.32 Å². The predicted octanol–water partition coefficient (Wildman–Crippen LogP) is -0.457. The van der Waals surface area contributed by atoms with Crippen LogP contribution < -0.4 is 16.6 Å². The number of fused-ring (bicyclic) bond motifs is 1. The average Bonchev–Trinajstić information content (AvgIpc) is 3.26. The van der Waals surface area contributed by atoms with Crippen molar-refractivity contribution in [2.45, 2.75) is 50.3 Å². The van der Waals surface area contributed by atoms with E-state index in [4.69, 9.17) is 10.5 Å². The van der Waals surface area contributed by atoms with Crippen LogP contribution in [0.25, 0.3) is 11.2 Å². The number of hydrogen-bond donors (Lipinski definition) is 5. The van der Waals surface area contributed by atoms with Gasteiger partial charge in [-0.1, -0.05) is 5.92 Å². The maximum absolute atomic E-state index is 12.2. The van der Waals surface area contributed by atoms with E-state index in [0.29, 0.717) is 6.42 Å². The Hall–Kier alpha value is -3.15. The minimum absolute atomic E-state index is 0.0381. The molecule has 3 atom stereocenters. The number of nitrogens with zero attached hydrogens (tertiary/aromatic N) is 3. The number of carbonyl (C=O) groups is 1. The molecule has 1 saturated heterocycles. The molecule has 1 amide bonds. The molecule has 174 valence electrons. The molecule has 32 heavy (non-hydrogen) atoms. The van der Waals surface area contributed by atoms with E-state index in [1.807, 2.05) is 0 Å². The molecule has 11 nitrogen and oxygen atoms in total. The lowest BCUT2D eigenvalue weighted by molar-refractivity contribution is -0.173. The fourth-order valence-corrected chi connectivity index (χ4v) is 3.18. The molecule has 0 saturated carbocycles. The number of nitrogen functional groups attached to an aromatic ring is 1. The maximum atomic E-state index is 12.2. The number of ether oxygens (including phenoxy) is 1. The van der Waals surface area contributed by atoms with Crippen molar-refractivity contribution in [2.24, 2.45) is 0 Å². The summed E-state index contributed by atoms with van der Waals surface area (Å²) >= 11 is 0. The molecule has 2 aromatic heterocycles. The molecular formula is C18H21F3N6O5. The largest absolute Gasteiger partial charge is 0.471 e. The zero-order valence-corrected chi connectivity index (χ0v) is 16.6. The van der Waals surface area contributed by atoms with Gasteiger partial charge in [-0.25, -0.2) is 4.98 Å². The van der Waals surface area contributed by atoms with Crippen LogP contribution in [-0.4, -0.2) is 67.2 Å². The van der Waals surface area contributed by atoms with Gasteiger partial charge in [-0.2, -0.15) is 18.2 Å². The summed E-state index contributed by atoms with van der Waals surface area (Å²) in [4.78, 5) is 33.5. The molecule has 1 aliphatic heterocycles. The summed E-state index contributed by atoms with van der Waals surface area (Å²) in [5.41, 5.74) is 5.09. The Bertz CT molecular complexity index is 1100. The van der Waals surface area contributed by atoms with Gasteiger partial charge < -0.3 is 26.0 Å². The summed E-state index contributed by atoms with van der Waals surface area (Å²) < 4.78 is 43.4. The van der Waals surface area contributed by atoms with Crippen LogP contribution in [0, 0.1) is 11.8 Å². The first kappa shape index (κ1) is 23.5. The van der Waals surface area contributed by atoms with E-state index in [9.17, 15) is 33.0 Å². The Labute approximate surface area is 178 Å². The van der Waals surface area contributed by atoms with Crippen LogP contribution in [0.2, 0.25) is 0 Å². The fourth-order valence-electron chi connectivity index (χ4n) is 3.18. The van der Waals surface area contributed by atoms with Gasteiger partial charge >= 0.3 is 12.1 Å². The molecule has 0 spiro atoms. The number of unbranched alkanes of at least 4 members (excludes halogenated alkanes) is 2. The molecule has 14 heteroatoms. The van der Waals surface area contributed by atoms with E-state index in [2.05, 4.69) is 26.8 Å². The highest BCUT2D eigenvalue weighted by molar-refractivity contribution is 5.81. The summed E-state index contributed by atoms with van der Waals surface area (Å²) in [5.74, 6) is 3.56. The van der Waals surface area contributed by atoms with Gasteiger partial charge in [0.2, 0.25) is 5.95 Å². The lowest BCUT2D eigenvalue weighted by atomic mass is 10.2. The first-order chi connectivity index (χ1) is 15.1. The second-order valence-electron chi connectivity index (χ2n) is 7.06. The first-order valence-corrected chi connectivity index (χ1v) is 9.67. The number of aliphatic hydroxyl groups is 2. The summed E-state index contributed by atoms with van der Waals surface area (Å²) in [6.45, 7) is -0.556. The van der Waals surface area contributed by atoms with E-state index in [1.165, 1.54) is 4.57 Å². The molecular weight excluding hydrogens is 437 g/mol. The topological polar surface area (TPSA) is 168 Å². The van der Waals surface area contributed by atoms with Crippen molar-refractivity contribution in [1.82, 2.24) is 24.8 Å². The third-order valence-electron chi connectivity index (χ3n) is 4.71. The third kappa shape index (κ3) is 5.18. The number of rotatable bonds is 6. The van der Waals surface area contributed by atoms with Gasteiger partial charge in [0.15, 0.2) is 17.0 Å². The molecule has 0 unspecified atom stereocenters. The molecule has 3 rings (SSSR count). The zero-order chi connectivity index (χ0) is 23.5. The van der Waals surface area contributed by atoms with E-state index < -0.39 is 42.7 Å². The van der Waals surface area contributed by atoms with E-state index in [-0.39, 0.29) is 48.7 Å². The summed E-state index contributed by atoms with van der Waals surface area (Å²) in [7, 11) is 0. The minimum atomic E-state index is -4.92. The van der Waals surface area contributed by atoms with Crippen LogP contribution in [0.1, 0.15) is 37.7 Å². The number of nitrogens with two attached hydrogens (primary N) is 1. The van der Waals surface area contributed by atoms with E-state index in [0.717, 1.165) is 0 Å². The maximum Gasteiger partial charge on any atom is 0.471 e. The molecule has 3 heterocycles. The smallest absolute Gasteiger partial charge is 0.394 e. The van der Waals surface area contributed by atoms with Gasteiger partial charge in [0, 0.05) is 19.4 Å². The number of amides is 1. The minimum Gasteiger partial charge on any atom is -0.394 e. The first-order valence-electron chi connectivity index (χ1n) is 9.67. The molecule has 0 aromatic carbocycles. The van der Waals surface area contributed by atoms with Crippen molar-refractivity contribution >= 4 is 23.0 Å². The van der Waals surface area contributed by atoms with Crippen LogP contribution in [-0.2, 0) is 9.53 Å². The Balaban J connectivity index is 1.74. The Morgan fingerprint density at radius 2 is 2.12 bits per heavy atom. The summed E-state index contributed by atoms with van der Waals surface area (Å²) in [6, 6.07) is 0. The number of aromatic amines is 1. The van der Waals surface area contributed by atoms with Gasteiger partial charge in [0.1, 0.15) is 12.3 Å². The second-order valence-corrected chi connectivity index (χ2v) is 7.06. The number of imidazole rings is 1. The highest BCUT2D eigenvalue weighted by Gasteiger charge is 2.38. The highest BCUT2D eigenvalue weighted by Crippen LogP contribution is 2.31. The Morgan fingerprint density at radius 1 is 1.38 bits per heavy atom. The molecule has 2 aromatic rings. The summed E-state index contributed by atoms with van der Waals surface area (Å²) in [6.07, 6.45) is -6.44. The van der Waals surface area contributed by atoms with Gasteiger partial charge in [0.25, 0.3) is 5.56 Å². The number of nitrogens with one attached hydrogen (secondary N) is 2. The van der Waals surface area contributed by atoms with Crippen molar-refractivity contribution in [3.05, 3.63) is 16.2 Å². The van der Waals surface area contributed by atoms with Crippen LogP contribution in [0.3, 0.4) is 0 Å². The highest BCUT2D eigenvalue weighted by atomic mass is 19.4. The summed E-state index contributed by atoms with van der Waals surface area (Å²) in [5, 5.41) is 21.1. The number of anilines is 1. The number of H-pyrrole nitrogens is 1. The number of aliphatic hydroxyl groups excluding tert-OH is 2. The second kappa shape index (κ2) is 9.55. The monoisotopic (exact) mass is 458 g/mol. The van der Waals surface area contributed by atoms with Crippen LogP contribution in [0.15, 0.2) is 4.79 Å². The number of halogens is 3. The number of hydrogen-bond acceptors (Lipinski definition) is 8. The lowest BCUT2D eigenvalue weighted by Gasteiger charge is -2.15. The van der Waals surface area contributed by atoms with Crippen molar-refractivity contribution in [3.8, 4) is 11.8 Å². The molecule has 1 aliphatic rings. The lowest BCUT2D eigenvalue weighted by Crippen LogP contribution is -2.37. The van der Waals surface area contributed by atoms with Crippen LogP contribution in [0.5, 0.6) is 0 Å². The third-order valence-corrected chi connectivity index (χ3v) is 4.71. The number of aromatic nitrogens is 4. The Morgan fingerprint density at radius 3 is 2.78 bits per heavy atom. The van der Waals surface area contributed by atoms with Crippen molar-refractivity contribution in [2.75, 3.05) is 18.9 Å². The number of carbonyl (C=O) groups excluding carboxylic acids is 1. The van der Waals surface area contributed by atoms with Gasteiger partial charge in [0.05, 0.1) is 12.7 Å². The molecule has 6 N–H and O–H groups in total. The molecule has 0 aliphatic carbocycles. The molecule has 1 fully saturated rings. The van der Waals surface area contributed by atoms with Crippen LogP contribution >= 0.6 is 0 Å². The van der Waals surface area contributed by atoms with Crippen LogP contribution in [0.4, 0.5) is 19.1 Å². The quantitative estimate of drug-likeness (QED) is 0.286. The Kier molecular flexibility index (Phi) is 7.02. The van der Waals surface area contributed by atoms with Gasteiger partial charge in [-0.3, -0.25) is 19.1 Å². The van der Waals surface area contributed by atoms with Crippen molar-refractivity contribution in [1.29, 1.82) is 0 Å². The normalized spacial score (nSPS) is 20.8. The van der Waals surface area contributed by atoms with E-state index >= 15 is 0 Å².